The van der Waals surface area contributed by atoms with Crippen LogP contribution in [0.1, 0.15) is 12.5 Å². The number of nitrogens with zero attached hydrogens (tertiary/aromatic N) is 1. The maximum Gasteiger partial charge on any atom is 0.243 e. The second kappa shape index (κ2) is 9.25. The molecule has 0 saturated heterocycles. The highest BCUT2D eigenvalue weighted by Crippen LogP contribution is 2.31. The molecule has 28 heavy (non-hydrogen) atoms. The van der Waals surface area contributed by atoms with Crippen LogP contribution in [0.4, 0.5) is 10.1 Å². The van der Waals surface area contributed by atoms with Gasteiger partial charge in [0.25, 0.3) is 0 Å². The molecule has 9 heteroatoms. The smallest absolute Gasteiger partial charge is 0.243 e. The van der Waals surface area contributed by atoms with Crippen molar-refractivity contribution in [2.24, 2.45) is 0 Å². The molecule has 0 heterocycles. The maximum atomic E-state index is 12.9. The summed E-state index contributed by atoms with van der Waals surface area (Å²) in [5.41, 5.74) is 1.12. The van der Waals surface area contributed by atoms with E-state index < -0.39 is 22.0 Å². The largest absolute Gasteiger partial charge is 0.495 e. The Morgan fingerprint density at radius 2 is 1.89 bits per heavy atom. The van der Waals surface area contributed by atoms with E-state index in [1.54, 1.807) is 12.1 Å². The fourth-order valence-electron chi connectivity index (χ4n) is 2.73. The van der Waals surface area contributed by atoms with Gasteiger partial charge in [0.1, 0.15) is 17.6 Å². The van der Waals surface area contributed by atoms with Crippen molar-refractivity contribution in [2.45, 2.75) is 19.4 Å². The normalized spacial score (nSPS) is 12.3. The standard InChI is InChI=1S/C19H22ClFN2O4S/c1-13(19(24)22-11-10-14-4-6-15(21)7-5-14)23(28(3,25)26)16-8-9-18(27-2)17(20)12-16/h4-9,12-13H,10-11H2,1-3H3,(H,22,24)/t13-/m1/s1. The van der Waals surface area contributed by atoms with Gasteiger partial charge in [-0.25, -0.2) is 12.8 Å². The van der Waals surface area contributed by atoms with Gasteiger partial charge >= 0.3 is 0 Å². The van der Waals surface area contributed by atoms with Crippen LogP contribution < -0.4 is 14.4 Å². The summed E-state index contributed by atoms with van der Waals surface area (Å²) in [6.07, 6.45) is 1.51. The number of carbonyl (C=O) groups excluding carboxylic acids is 1. The number of rotatable bonds is 8. The van der Waals surface area contributed by atoms with Crippen molar-refractivity contribution in [3.05, 3.63) is 58.9 Å². The zero-order chi connectivity index (χ0) is 20.9. The molecule has 2 aromatic rings. The van der Waals surface area contributed by atoms with Crippen molar-refractivity contribution in [3.63, 3.8) is 0 Å². The number of carbonyl (C=O) groups is 1. The highest BCUT2D eigenvalue weighted by molar-refractivity contribution is 7.92. The Kier molecular flexibility index (Phi) is 7.26. The minimum Gasteiger partial charge on any atom is -0.495 e. The van der Waals surface area contributed by atoms with E-state index in [-0.39, 0.29) is 23.1 Å². The summed E-state index contributed by atoms with van der Waals surface area (Å²) in [5.74, 6) is -0.391. The fraction of sp³-hybridized carbons (Fsp3) is 0.316. The molecule has 0 aliphatic rings. The lowest BCUT2D eigenvalue weighted by Crippen LogP contribution is -2.48. The average Bonchev–Trinajstić information content (AvgIpc) is 2.62. The molecule has 0 fully saturated rings. The molecule has 0 bridgehead atoms. The van der Waals surface area contributed by atoms with E-state index in [4.69, 9.17) is 16.3 Å². The SMILES string of the molecule is COc1ccc(N([C@H](C)C(=O)NCCc2ccc(F)cc2)S(C)(=O)=O)cc1Cl. The topological polar surface area (TPSA) is 75.7 Å². The third-order valence-electron chi connectivity index (χ3n) is 4.10. The third-order valence-corrected chi connectivity index (χ3v) is 5.64. The van der Waals surface area contributed by atoms with E-state index in [9.17, 15) is 17.6 Å². The predicted octanol–water partition coefficient (Wildman–Crippen LogP) is 3.00. The van der Waals surface area contributed by atoms with Crippen molar-refractivity contribution < 1.29 is 22.3 Å². The molecule has 2 rings (SSSR count). The first-order valence-corrected chi connectivity index (χ1v) is 10.7. The van der Waals surface area contributed by atoms with Gasteiger partial charge in [0.05, 0.1) is 24.1 Å². The first-order valence-electron chi connectivity index (χ1n) is 8.48. The van der Waals surface area contributed by atoms with Crippen LogP contribution in [0.15, 0.2) is 42.5 Å². The molecule has 2 aromatic carbocycles. The Bertz CT molecular complexity index is 935. The van der Waals surface area contributed by atoms with E-state index in [1.807, 2.05) is 0 Å². The van der Waals surface area contributed by atoms with Gasteiger partial charge in [-0.3, -0.25) is 9.10 Å². The number of halogens is 2. The highest BCUT2D eigenvalue weighted by atomic mass is 35.5. The van der Waals surface area contributed by atoms with Crippen LogP contribution in [0.3, 0.4) is 0 Å². The molecule has 0 aliphatic heterocycles. The zero-order valence-electron chi connectivity index (χ0n) is 15.8. The number of sulfonamides is 1. The van der Waals surface area contributed by atoms with Crippen LogP contribution in [0.2, 0.25) is 5.02 Å². The molecular formula is C19H22ClFN2O4S. The quantitative estimate of drug-likeness (QED) is 0.701. The molecule has 0 radical (unpaired) electrons. The summed E-state index contributed by atoms with van der Waals surface area (Å²) >= 11 is 6.10. The summed E-state index contributed by atoms with van der Waals surface area (Å²) in [6.45, 7) is 1.78. The molecule has 0 unspecified atom stereocenters. The van der Waals surface area contributed by atoms with Crippen LogP contribution >= 0.6 is 11.6 Å². The van der Waals surface area contributed by atoms with Crippen LogP contribution in [-0.2, 0) is 21.2 Å². The van der Waals surface area contributed by atoms with Gasteiger partial charge in [-0.1, -0.05) is 23.7 Å². The molecule has 152 valence electrons. The lowest BCUT2D eigenvalue weighted by Gasteiger charge is -2.28. The van der Waals surface area contributed by atoms with Crippen molar-refractivity contribution in [1.82, 2.24) is 5.32 Å². The first kappa shape index (κ1) is 22.0. The van der Waals surface area contributed by atoms with E-state index in [0.717, 1.165) is 16.1 Å². The molecule has 1 amide bonds. The monoisotopic (exact) mass is 428 g/mol. The van der Waals surface area contributed by atoms with E-state index in [1.165, 1.54) is 44.4 Å². The van der Waals surface area contributed by atoms with Gasteiger partial charge in [0.15, 0.2) is 0 Å². The molecular weight excluding hydrogens is 407 g/mol. The van der Waals surface area contributed by atoms with Gasteiger partial charge < -0.3 is 10.1 Å². The minimum absolute atomic E-state index is 0.234. The molecule has 0 saturated carbocycles. The summed E-state index contributed by atoms with van der Waals surface area (Å²) < 4.78 is 43.6. The number of anilines is 1. The summed E-state index contributed by atoms with van der Waals surface area (Å²) in [7, 11) is -2.30. The fourth-order valence-corrected chi connectivity index (χ4v) is 4.15. The first-order chi connectivity index (χ1) is 13.1. The van der Waals surface area contributed by atoms with Crippen LogP contribution in [0.25, 0.3) is 0 Å². The Morgan fingerprint density at radius 1 is 1.25 bits per heavy atom. The van der Waals surface area contributed by atoms with Crippen LogP contribution in [-0.4, -0.2) is 40.3 Å². The third kappa shape index (κ3) is 5.59. The molecule has 0 aromatic heterocycles. The number of hydrogen-bond acceptors (Lipinski definition) is 4. The summed E-state index contributed by atoms with van der Waals surface area (Å²) in [4.78, 5) is 12.5. The summed E-state index contributed by atoms with van der Waals surface area (Å²) in [6, 6.07) is 9.46. The molecule has 6 nitrogen and oxygen atoms in total. The highest BCUT2D eigenvalue weighted by Gasteiger charge is 2.29. The predicted molar refractivity (Wildman–Crippen MR) is 108 cm³/mol. The molecule has 0 aliphatic carbocycles. The van der Waals surface area contributed by atoms with E-state index >= 15 is 0 Å². The number of nitrogens with one attached hydrogen (secondary N) is 1. The maximum absolute atomic E-state index is 12.9. The Morgan fingerprint density at radius 3 is 2.43 bits per heavy atom. The second-order valence-electron chi connectivity index (χ2n) is 6.22. The van der Waals surface area contributed by atoms with Crippen LogP contribution in [0.5, 0.6) is 5.75 Å². The van der Waals surface area contributed by atoms with Gasteiger partial charge in [0, 0.05) is 6.54 Å². The van der Waals surface area contributed by atoms with Gasteiger partial charge in [0.2, 0.25) is 15.9 Å². The number of benzene rings is 2. The van der Waals surface area contributed by atoms with Gasteiger partial charge in [-0.15, -0.1) is 0 Å². The lowest BCUT2D eigenvalue weighted by molar-refractivity contribution is -0.121. The Balaban J connectivity index is 2.11. The van der Waals surface area contributed by atoms with Crippen molar-refractivity contribution in [1.29, 1.82) is 0 Å². The number of methoxy groups -OCH3 is 1. The zero-order valence-corrected chi connectivity index (χ0v) is 17.3. The average molecular weight is 429 g/mol. The van der Waals surface area contributed by atoms with E-state index in [2.05, 4.69) is 5.32 Å². The van der Waals surface area contributed by atoms with Crippen molar-refractivity contribution >= 4 is 33.2 Å². The Hall–Kier alpha value is -2.32. The number of hydrogen-bond donors (Lipinski definition) is 1. The number of amides is 1. The summed E-state index contributed by atoms with van der Waals surface area (Å²) in [5, 5.41) is 2.94. The lowest BCUT2D eigenvalue weighted by atomic mass is 10.1. The van der Waals surface area contributed by atoms with Crippen molar-refractivity contribution in [3.8, 4) is 5.75 Å². The van der Waals surface area contributed by atoms with Crippen LogP contribution in [0, 0.1) is 5.82 Å². The van der Waals surface area contributed by atoms with Gasteiger partial charge in [-0.05, 0) is 49.2 Å². The van der Waals surface area contributed by atoms with E-state index in [0.29, 0.717) is 12.2 Å². The Labute approximate surface area is 169 Å². The minimum atomic E-state index is -3.75. The van der Waals surface area contributed by atoms with Gasteiger partial charge in [-0.2, -0.15) is 0 Å². The molecule has 1 atom stereocenters. The molecule has 0 spiro atoms. The second-order valence-corrected chi connectivity index (χ2v) is 8.49. The number of ether oxygens (including phenoxy) is 1. The molecule has 1 N–H and O–H groups in total. The van der Waals surface area contributed by atoms with Crippen molar-refractivity contribution in [2.75, 3.05) is 24.2 Å².